The highest BCUT2D eigenvalue weighted by Crippen LogP contribution is 2.21. The molecule has 3 rings (SSSR count). The Morgan fingerprint density at radius 3 is 2.86 bits per heavy atom. The molecular formula is C17H18N2O2S. The molecule has 0 saturated heterocycles. The van der Waals surface area contributed by atoms with E-state index in [1.54, 1.807) is 0 Å². The molecule has 114 valence electrons. The lowest BCUT2D eigenvalue weighted by molar-refractivity contribution is 0.515. The Labute approximate surface area is 132 Å². The Balaban J connectivity index is 1.52. The second-order valence-electron chi connectivity index (χ2n) is 5.25. The average Bonchev–Trinajstić information content (AvgIpc) is 2.89. The fraction of sp³-hybridized carbons (Fsp3) is 0.294. The van der Waals surface area contributed by atoms with Crippen molar-refractivity contribution in [2.75, 3.05) is 11.9 Å². The minimum Gasteiger partial charge on any atom is -0.389 e. The molecule has 0 aliphatic carbocycles. The first kappa shape index (κ1) is 14.8. The van der Waals surface area contributed by atoms with Gasteiger partial charge in [0.1, 0.15) is 4.83 Å². The van der Waals surface area contributed by atoms with Crippen molar-refractivity contribution in [3.8, 4) is 0 Å². The summed E-state index contributed by atoms with van der Waals surface area (Å²) in [6, 6.07) is 12.6. The molecular weight excluding hydrogens is 296 g/mol. The zero-order valence-electron chi connectivity index (χ0n) is 12.5. The molecule has 0 aliphatic rings. The van der Waals surface area contributed by atoms with Crippen LogP contribution in [0.3, 0.4) is 0 Å². The van der Waals surface area contributed by atoms with E-state index in [0.29, 0.717) is 11.4 Å². The van der Waals surface area contributed by atoms with Crippen molar-refractivity contribution in [2.24, 2.45) is 0 Å². The summed E-state index contributed by atoms with van der Waals surface area (Å²) in [5, 5.41) is 3.67. The summed E-state index contributed by atoms with van der Waals surface area (Å²) in [6.07, 6.45) is 3.15. The maximum atomic E-state index is 11.8. The summed E-state index contributed by atoms with van der Waals surface area (Å²) in [5.41, 5.74) is 1.03. The Bertz CT molecular complexity index is 808. The van der Waals surface area contributed by atoms with Gasteiger partial charge >= 0.3 is 5.63 Å². The minimum atomic E-state index is -0.318. The van der Waals surface area contributed by atoms with E-state index in [4.69, 9.17) is 4.42 Å². The lowest BCUT2D eigenvalue weighted by Gasteiger charge is -2.04. The maximum Gasteiger partial charge on any atom is 0.349 e. The van der Waals surface area contributed by atoms with Crippen LogP contribution < -0.4 is 10.9 Å². The molecule has 0 atom stereocenters. The van der Waals surface area contributed by atoms with Crippen LogP contribution in [0.5, 0.6) is 0 Å². The van der Waals surface area contributed by atoms with Crippen LogP contribution >= 0.6 is 11.3 Å². The first-order chi connectivity index (χ1) is 10.7. The minimum absolute atomic E-state index is 0.318. The highest BCUT2D eigenvalue weighted by Gasteiger charge is 2.08. The molecule has 1 N–H and O–H groups in total. The van der Waals surface area contributed by atoms with Crippen LogP contribution in [0.25, 0.3) is 10.2 Å². The fourth-order valence-corrected chi connectivity index (χ4v) is 3.22. The molecule has 0 aliphatic heterocycles. The molecule has 0 amide bonds. The van der Waals surface area contributed by atoms with Gasteiger partial charge in [-0.3, -0.25) is 0 Å². The number of benzene rings is 1. The number of nitrogens with zero attached hydrogens (tertiary/aromatic N) is 1. The molecule has 22 heavy (non-hydrogen) atoms. The quantitative estimate of drug-likeness (QED) is 0.699. The van der Waals surface area contributed by atoms with E-state index in [0.717, 1.165) is 35.5 Å². The van der Waals surface area contributed by atoms with Crippen LogP contribution in [0.15, 0.2) is 45.6 Å². The first-order valence-electron chi connectivity index (χ1n) is 7.41. The number of hydrogen-bond acceptors (Lipinski definition) is 5. The van der Waals surface area contributed by atoms with Crippen molar-refractivity contribution in [1.82, 2.24) is 4.98 Å². The smallest absolute Gasteiger partial charge is 0.349 e. The molecule has 4 nitrogen and oxygen atoms in total. The van der Waals surface area contributed by atoms with Crippen molar-refractivity contribution in [1.29, 1.82) is 0 Å². The number of aromatic nitrogens is 1. The van der Waals surface area contributed by atoms with Gasteiger partial charge in [-0.2, -0.15) is 4.98 Å². The van der Waals surface area contributed by atoms with Gasteiger partial charge in [-0.1, -0.05) is 30.3 Å². The van der Waals surface area contributed by atoms with Crippen molar-refractivity contribution >= 4 is 27.6 Å². The van der Waals surface area contributed by atoms with Gasteiger partial charge in [0.15, 0.2) is 0 Å². The van der Waals surface area contributed by atoms with Gasteiger partial charge in [-0.05, 0) is 37.8 Å². The Morgan fingerprint density at radius 2 is 2.05 bits per heavy atom. The van der Waals surface area contributed by atoms with E-state index in [9.17, 15) is 4.79 Å². The third kappa shape index (κ3) is 3.54. The van der Waals surface area contributed by atoms with Crippen LogP contribution in [0.4, 0.5) is 6.01 Å². The molecule has 0 radical (unpaired) electrons. The van der Waals surface area contributed by atoms with Crippen LogP contribution in [-0.4, -0.2) is 11.5 Å². The van der Waals surface area contributed by atoms with E-state index >= 15 is 0 Å². The van der Waals surface area contributed by atoms with E-state index in [2.05, 4.69) is 34.6 Å². The lowest BCUT2D eigenvalue weighted by atomic mass is 10.1. The number of thiophene rings is 1. The molecule has 2 aromatic heterocycles. The molecule has 0 saturated carbocycles. The first-order valence-corrected chi connectivity index (χ1v) is 8.23. The third-order valence-corrected chi connectivity index (χ3v) is 4.40. The van der Waals surface area contributed by atoms with E-state index < -0.39 is 0 Å². The fourth-order valence-electron chi connectivity index (χ4n) is 2.36. The van der Waals surface area contributed by atoms with E-state index in [1.807, 2.05) is 19.1 Å². The molecule has 0 fully saturated rings. The zero-order valence-corrected chi connectivity index (χ0v) is 13.3. The molecule has 0 bridgehead atoms. The van der Waals surface area contributed by atoms with Crippen LogP contribution in [0, 0.1) is 6.92 Å². The van der Waals surface area contributed by atoms with E-state index in [-0.39, 0.29) is 5.63 Å². The van der Waals surface area contributed by atoms with Crippen molar-refractivity contribution in [2.45, 2.75) is 26.2 Å². The van der Waals surface area contributed by atoms with Gasteiger partial charge < -0.3 is 9.73 Å². The summed E-state index contributed by atoms with van der Waals surface area (Å²) in [4.78, 5) is 18.0. The number of anilines is 1. The van der Waals surface area contributed by atoms with Gasteiger partial charge in [0.2, 0.25) is 0 Å². The molecule has 2 heterocycles. The van der Waals surface area contributed by atoms with Gasteiger partial charge in [-0.15, -0.1) is 11.3 Å². The maximum absolute atomic E-state index is 11.8. The molecule has 5 heteroatoms. The normalized spacial score (nSPS) is 11.0. The number of nitrogens with one attached hydrogen (secondary N) is 1. The van der Waals surface area contributed by atoms with Gasteiger partial charge in [0, 0.05) is 11.4 Å². The number of aryl methyl sites for hydroxylation is 2. The largest absolute Gasteiger partial charge is 0.389 e. The van der Waals surface area contributed by atoms with Crippen LogP contribution in [0.2, 0.25) is 0 Å². The Morgan fingerprint density at radius 1 is 1.23 bits per heavy atom. The average molecular weight is 314 g/mol. The van der Waals surface area contributed by atoms with Gasteiger partial charge in [0.05, 0.1) is 5.39 Å². The summed E-state index contributed by atoms with van der Waals surface area (Å²) in [7, 11) is 0. The second-order valence-corrected chi connectivity index (χ2v) is 6.49. The molecule has 1 aromatic carbocycles. The number of rotatable bonds is 6. The van der Waals surface area contributed by atoms with Crippen molar-refractivity contribution in [3.63, 3.8) is 0 Å². The summed E-state index contributed by atoms with van der Waals surface area (Å²) in [5.74, 6) is 0. The lowest BCUT2D eigenvalue weighted by Crippen LogP contribution is -2.08. The van der Waals surface area contributed by atoms with Gasteiger partial charge in [0.25, 0.3) is 6.01 Å². The third-order valence-electron chi connectivity index (χ3n) is 3.46. The molecule has 0 unspecified atom stereocenters. The predicted molar refractivity (Wildman–Crippen MR) is 90.8 cm³/mol. The van der Waals surface area contributed by atoms with Crippen molar-refractivity contribution < 1.29 is 4.42 Å². The second kappa shape index (κ2) is 6.75. The monoisotopic (exact) mass is 314 g/mol. The summed E-state index contributed by atoms with van der Waals surface area (Å²) in [6.45, 7) is 2.71. The van der Waals surface area contributed by atoms with E-state index in [1.165, 1.54) is 16.9 Å². The van der Waals surface area contributed by atoms with Gasteiger partial charge in [-0.25, -0.2) is 4.79 Å². The Kier molecular flexibility index (Phi) is 4.53. The Hall–Kier alpha value is -2.14. The topological polar surface area (TPSA) is 55.1 Å². The van der Waals surface area contributed by atoms with Crippen molar-refractivity contribution in [3.05, 3.63) is 57.3 Å². The zero-order chi connectivity index (χ0) is 15.4. The summed E-state index contributed by atoms with van der Waals surface area (Å²) < 4.78 is 5.20. The van der Waals surface area contributed by atoms with Crippen LogP contribution in [0.1, 0.15) is 23.3 Å². The number of unbranched alkanes of at least 4 members (excludes halogenated alkanes) is 1. The highest BCUT2D eigenvalue weighted by atomic mass is 32.1. The summed E-state index contributed by atoms with van der Waals surface area (Å²) >= 11 is 1.51. The number of hydrogen-bond donors (Lipinski definition) is 1. The molecule has 3 aromatic rings. The predicted octanol–water partition coefficient (Wildman–Crippen LogP) is 3.99. The SMILES string of the molecule is Cc1cc2c(=O)oc(NCCCCc3ccccc3)nc2s1. The standard InChI is InChI=1S/C17H18N2O2S/c1-12-11-14-15(22-12)19-17(21-16(14)20)18-10-6-5-9-13-7-3-2-4-8-13/h2-4,7-8,11H,5-6,9-10H2,1H3,(H,18,19). The van der Waals surface area contributed by atoms with Crippen LogP contribution in [-0.2, 0) is 6.42 Å². The molecule has 0 spiro atoms. The highest BCUT2D eigenvalue weighted by molar-refractivity contribution is 7.18. The number of fused-ring (bicyclic) bond motifs is 1.